The topological polar surface area (TPSA) is 78.4 Å². The van der Waals surface area contributed by atoms with E-state index in [-0.39, 0.29) is 17.6 Å². The number of carbonyl (C=O) groups excluding carboxylic acids is 2. The van der Waals surface area contributed by atoms with Crippen molar-refractivity contribution in [3.8, 4) is 5.75 Å². The highest BCUT2D eigenvalue weighted by Gasteiger charge is 2.24. The molecule has 0 aromatic heterocycles. The van der Waals surface area contributed by atoms with E-state index in [4.69, 9.17) is 11.6 Å². The van der Waals surface area contributed by atoms with Crippen molar-refractivity contribution in [1.82, 2.24) is 10.9 Å². The minimum Gasteiger partial charge on any atom is -0.508 e. The number of rotatable bonds is 4. The number of nitrogens with one attached hydrogen (secondary N) is 2. The first-order chi connectivity index (χ1) is 11.4. The molecule has 2 amide bonds. The van der Waals surface area contributed by atoms with E-state index in [1.165, 1.54) is 24.3 Å². The van der Waals surface area contributed by atoms with Gasteiger partial charge in [-0.2, -0.15) is 0 Å². The Morgan fingerprint density at radius 2 is 1.54 bits per heavy atom. The Kier molecular flexibility index (Phi) is 5.82. The van der Waals surface area contributed by atoms with Crippen LogP contribution in [0, 0.1) is 5.92 Å². The molecular formula is C18H19ClN2O3. The Bertz CT molecular complexity index is 712. The molecule has 2 rings (SSSR count). The molecule has 126 valence electrons. The molecule has 0 aliphatic carbocycles. The second kappa shape index (κ2) is 7.84. The number of hydrazine groups is 1. The van der Waals surface area contributed by atoms with Gasteiger partial charge in [-0.25, -0.2) is 0 Å². The molecule has 0 saturated carbocycles. The summed E-state index contributed by atoms with van der Waals surface area (Å²) in [6, 6.07) is 12.8. The Morgan fingerprint density at radius 1 is 0.958 bits per heavy atom. The summed E-state index contributed by atoms with van der Waals surface area (Å²) in [6.07, 6.45) is 0. The van der Waals surface area contributed by atoms with Gasteiger partial charge in [0.2, 0.25) is 5.91 Å². The van der Waals surface area contributed by atoms with E-state index in [2.05, 4.69) is 10.9 Å². The maximum absolute atomic E-state index is 12.5. The Hall–Kier alpha value is -2.53. The minimum absolute atomic E-state index is 0.0387. The van der Waals surface area contributed by atoms with E-state index >= 15 is 0 Å². The highest BCUT2D eigenvalue weighted by atomic mass is 35.5. The lowest BCUT2D eigenvalue weighted by atomic mass is 9.88. The van der Waals surface area contributed by atoms with Crippen LogP contribution < -0.4 is 10.9 Å². The fraction of sp³-hybridized carbons (Fsp3) is 0.222. The zero-order valence-electron chi connectivity index (χ0n) is 13.4. The van der Waals surface area contributed by atoms with Crippen LogP contribution in [0.25, 0.3) is 0 Å². The fourth-order valence-corrected chi connectivity index (χ4v) is 2.52. The predicted molar refractivity (Wildman–Crippen MR) is 92.7 cm³/mol. The average Bonchev–Trinajstić information content (AvgIpc) is 2.55. The predicted octanol–water partition coefficient (Wildman–Crippen LogP) is 3.25. The minimum atomic E-state index is -0.457. The van der Waals surface area contributed by atoms with E-state index in [0.29, 0.717) is 10.6 Å². The van der Waals surface area contributed by atoms with E-state index < -0.39 is 11.8 Å². The summed E-state index contributed by atoms with van der Waals surface area (Å²) >= 11 is 5.88. The highest BCUT2D eigenvalue weighted by Crippen LogP contribution is 2.25. The molecule has 1 atom stereocenters. The van der Waals surface area contributed by atoms with Crippen molar-refractivity contribution in [3.63, 3.8) is 0 Å². The molecule has 0 aliphatic rings. The Labute approximate surface area is 145 Å². The summed E-state index contributed by atoms with van der Waals surface area (Å²) in [6.45, 7) is 3.86. The first kappa shape index (κ1) is 17.8. The lowest BCUT2D eigenvalue weighted by molar-refractivity contribution is -0.124. The van der Waals surface area contributed by atoms with Gasteiger partial charge in [0.05, 0.1) is 5.92 Å². The summed E-state index contributed by atoms with van der Waals surface area (Å²) < 4.78 is 0. The quantitative estimate of drug-likeness (QED) is 0.743. The van der Waals surface area contributed by atoms with E-state index in [9.17, 15) is 14.7 Å². The molecule has 0 saturated heterocycles. The number of phenolic OH excluding ortho intramolecular Hbond substituents is 1. The zero-order valence-corrected chi connectivity index (χ0v) is 14.2. The molecule has 0 heterocycles. The van der Waals surface area contributed by atoms with Crippen LogP contribution in [0.4, 0.5) is 0 Å². The van der Waals surface area contributed by atoms with Crippen molar-refractivity contribution in [2.75, 3.05) is 0 Å². The molecule has 0 aliphatic heterocycles. The standard InChI is InChI=1S/C18H19ClN2O3/c1-11(2)16(12-3-7-14(19)8-4-12)18(24)21-20-17(23)13-5-9-15(22)10-6-13/h3-11,16,22H,1-2H3,(H,20,23)(H,21,24)/t16-/m1/s1. The van der Waals surface area contributed by atoms with Crippen LogP contribution in [0.1, 0.15) is 35.7 Å². The van der Waals surface area contributed by atoms with Crippen molar-refractivity contribution in [2.24, 2.45) is 5.92 Å². The SMILES string of the molecule is CC(C)[C@@H](C(=O)NNC(=O)c1ccc(O)cc1)c1ccc(Cl)cc1. The van der Waals surface area contributed by atoms with E-state index in [0.717, 1.165) is 5.56 Å². The number of benzene rings is 2. The van der Waals surface area contributed by atoms with Gasteiger partial charge in [0.15, 0.2) is 0 Å². The fourth-order valence-electron chi connectivity index (χ4n) is 2.39. The summed E-state index contributed by atoms with van der Waals surface area (Å²) in [5, 5.41) is 9.82. The van der Waals surface area contributed by atoms with Gasteiger partial charge < -0.3 is 5.11 Å². The second-order valence-electron chi connectivity index (χ2n) is 5.76. The summed E-state index contributed by atoms with van der Waals surface area (Å²) in [5.74, 6) is -1.07. The Morgan fingerprint density at radius 3 is 2.08 bits per heavy atom. The number of phenols is 1. The molecule has 0 fully saturated rings. The third kappa shape index (κ3) is 4.49. The monoisotopic (exact) mass is 346 g/mol. The van der Waals surface area contributed by atoms with Gasteiger partial charge in [-0.15, -0.1) is 0 Å². The van der Waals surface area contributed by atoms with E-state index in [1.54, 1.807) is 24.3 Å². The number of hydrogen-bond acceptors (Lipinski definition) is 3. The first-order valence-electron chi connectivity index (χ1n) is 7.53. The van der Waals surface area contributed by atoms with Crippen molar-refractivity contribution >= 4 is 23.4 Å². The molecule has 6 heteroatoms. The highest BCUT2D eigenvalue weighted by molar-refractivity contribution is 6.30. The maximum Gasteiger partial charge on any atom is 0.269 e. The molecule has 2 aromatic rings. The molecule has 0 radical (unpaired) electrons. The van der Waals surface area contributed by atoms with Crippen LogP contribution >= 0.6 is 11.6 Å². The van der Waals surface area contributed by atoms with E-state index in [1.807, 2.05) is 13.8 Å². The van der Waals surface area contributed by atoms with Crippen molar-refractivity contribution in [3.05, 3.63) is 64.7 Å². The zero-order chi connectivity index (χ0) is 17.7. The first-order valence-corrected chi connectivity index (χ1v) is 7.91. The van der Waals surface area contributed by atoms with Gasteiger partial charge in [0.25, 0.3) is 5.91 Å². The lowest BCUT2D eigenvalue weighted by Crippen LogP contribution is -2.44. The molecule has 3 N–H and O–H groups in total. The molecular weight excluding hydrogens is 328 g/mol. The Balaban J connectivity index is 2.04. The third-order valence-electron chi connectivity index (χ3n) is 3.61. The largest absolute Gasteiger partial charge is 0.508 e. The van der Waals surface area contributed by atoms with Gasteiger partial charge in [-0.3, -0.25) is 20.4 Å². The molecule has 0 spiro atoms. The number of carbonyl (C=O) groups is 2. The smallest absolute Gasteiger partial charge is 0.269 e. The second-order valence-corrected chi connectivity index (χ2v) is 6.20. The van der Waals surface area contributed by atoms with Gasteiger partial charge in [-0.05, 0) is 47.9 Å². The normalized spacial score (nSPS) is 11.8. The van der Waals surface area contributed by atoms with Crippen molar-refractivity contribution in [2.45, 2.75) is 19.8 Å². The average molecular weight is 347 g/mol. The lowest BCUT2D eigenvalue weighted by Gasteiger charge is -2.21. The summed E-state index contributed by atoms with van der Waals surface area (Å²) in [5.41, 5.74) is 6.00. The van der Waals surface area contributed by atoms with Crippen molar-refractivity contribution in [1.29, 1.82) is 0 Å². The third-order valence-corrected chi connectivity index (χ3v) is 3.86. The molecule has 0 unspecified atom stereocenters. The maximum atomic E-state index is 12.5. The molecule has 0 bridgehead atoms. The number of halogens is 1. The number of amides is 2. The molecule has 24 heavy (non-hydrogen) atoms. The van der Waals surface area contributed by atoms with Crippen molar-refractivity contribution < 1.29 is 14.7 Å². The van der Waals surface area contributed by atoms with Gasteiger partial charge in [0, 0.05) is 10.6 Å². The molecule has 5 nitrogen and oxygen atoms in total. The van der Waals surface area contributed by atoms with Gasteiger partial charge in [-0.1, -0.05) is 37.6 Å². The summed E-state index contributed by atoms with van der Waals surface area (Å²) in [7, 11) is 0. The summed E-state index contributed by atoms with van der Waals surface area (Å²) in [4.78, 5) is 24.5. The van der Waals surface area contributed by atoms with Crippen LogP contribution in [0.2, 0.25) is 5.02 Å². The van der Waals surface area contributed by atoms with Gasteiger partial charge >= 0.3 is 0 Å². The number of hydrogen-bond donors (Lipinski definition) is 3. The van der Waals surface area contributed by atoms with Crippen LogP contribution in [0.5, 0.6) is 5.75 Å². The van der Waals surface area contributed by atoms with Crippen LogP contribution in [0.3, 0.4) is 0 Å². The van der Waals surface area contributed by atoms with Crippen LogP contribution in [-0.2, 0) is 4.79 Å². The van der Waals surface area contributed by atoms with Crippen LogP contribution in [-0.4, -0.2) is 16.9 Å². The van der Waals surface area contributed by atoms with Gasteiger partial charge in [0.1, 0.15) is 5.75 Å². The molecule has 2 aromatic carbocycles. The van der Waals surface area contributed by atoms with Crippen LogP contribution in [0.15, 0.2) is 48.5 Å². The number of aromatic hydroxyl groups is 1.